The minimum atomic E-state index is 0.846. The number of unbranched alkanes of at least 4 members (excludes halogenated alkanes) is 1. The van der Waals surface area contributed by atoms with Crippen LogP contribution in [0.2, 0.25) is 0 Å². The molecule has 0 aromatic carbocycles. The third-order valence-electron chi connectivity index (χ3n) is 2.99. The Bertz CT molecular complexity index is 112. The molecule has 1 aliphatic rings. The minimum absolute atomic E-state index is 0.846. The van der Waals surface area contributed by atoms with Gasteiger partial charge in [-0.1, -0.05) is 26.2 Å². The van der Waals surface area contributed by atoms with Gasteiger partial charge in [0.25, 0.3) is 0 Å². The third-order valence-corrected chi connectivity index (χ3v) is 2.99. The Labute approximate surface area is 77.1 Å². The lowest BCUT2D eigenvalue weighted by Crippen LogP contribution is -2.33. The quantitative estimate of drug-likeness (QED) is 0.627. The van der Waals surface area contributed by atoms with Crippen LogP contribution in [0.1, 0.15) is 52.4 Å². The topological polar surface area (TPSA) is 3.24 Å². The summed E-state index contributed by atoms with van der Waals surface area (Å²) in [5.74, 6) is 0. The summed E-state index contributed by atoms with van der Waals surface area (Å²) < 4.78 is 0. The van der Waals surface area contributed by atoms with Gasteiger partial charge in [-0.3, -0.25) is 0 Å². The van der Waals surface area contributed by atoms with Gasteiger partial charge in [0.1, 0.15) is 0 Å². The summed E-state index contributed by atoms with van der Waals surface area (Å²) in [5.41, 5.74) is 0. The zero-order valence-corrected chi connectivity index (χ0v) is 8.68. The summed E-state index contributed by atoms with van der Waals surface area (Å²) in [7, 11) is 0. The Morgan fingerprint density at radius 3 is 2.83 bits per heavy atom. The Hall–Kier alpha value is -0.0400. The number of rotatable bonds is 3. The van der Waals surface area contributed by atoms with Gasteiger partial charge in [0.2, 0.25) is 0 Å². The molecule has 0 aromatic heterocycles. The Kier molecular flexibility index (Phi) is 4.67. The standard InChI is InChI=1S/C11H23N/c1-3-4-9-12-10-7-5-6-8-11(12)2/h11H,3-10H2,1-2H3. The van der Waals surface area contributed by atoms with Crippen LogP contribution in [0.3, 0.4) is 0 Å². The molecule has 0 bridgehead atoms. The third kappa shape index (κ3) is 3.14. The van der Waals surface area contributed by atoms with E-state index in [1.165, 1.54) is 51.6 Å². The summed E-state index contributed by atoms with van der Waals surface area (Å²) in [6.07, 6.45) is 8.46. The lowest BCUT2D eigenvalue weighted by atomic mass is 10.1. The highest BCUT2D eigenvalue weighted by molar-refractivity contribution is 4.70. The molecule has 0 aliphatic carbocycles. The van der Waals surface area contributed by atoms with Gasteiger partial charge in [0, 0.05) is 6.04 Å². The van der Waals surface area contributed by atoms with Gasteiger partial charge >= 0.3 is 0 Å². The zero-order chi connectivity index (χ0) is 8.81. The lowest BCUT2D eigenvalue weighted by Gasteiger charge is -2.26. The molecule has 1 nitrogen and oxygen atoms in total. The van der Waals surface area contributed by atoms with Gasteiger partial charge in [-0.2, -0.15) is 0 Å². The monoisotopic (exact) mass is 169 g/mol. The molecule has 1 saturated heterocycles. The molecule has 0 spiro atoms. The number of hydrogen-bond acceptors (Lipinski definition) is 1. The van der Waals surface area contributed by atoms with Crippen molar-refractivity contribution in [2.45, 2.75) is 58.4 Å². The van der Waals surface area contributed by atoms with Crippen LogP contribution in [0.5, 0.6) is 0 Å². The predicted molar refractivity (Wildman–Crippen MR) is 54.4 cm³/mol. The van der Waals surface area contributed by atoms with E-state index >= 15 is 0 Å². The van der Waals surface area contributed by atoms with Crippen LogP contribution >= 0.6 is 0 Å². The second kappa shape index (κ2) is 5.58. The minimum Gasteiger partial charge on any atom is -0.301 e. The lowest BCUT2D eigenvalue weighted by molar-refractivity contribution is 0.210. The molecule has 0 aromatic rings. The maximum Gasteiger partial charge on any atom is 0.00669 e. The molecule has 0 saturated carbocycles. The average molecular weight is 169 g/mol. The predicted octanol–water partition coefficient (Wildman–Crippen LogP) is 3.05. The van der Waals surface area contributed by atoms with Crippen LogP contribution < -0.4 is 0 Å². The second-order valence-electron chi connectivity index (χ2n) is 4.09. The summed E-state index contributed by atoms with van der Waals surface area (Å²) in [4.78, 5) is 2.68. The molecule has 1 aliphatic heterocycles. The van der Waals surface area contributed by atoms with E-state index in [2.05, 4.69) is 18.7 Å². The zero-order valence-electron chi connectivity index (χ0n) is 8.68. The van der Waals surface area contributed by atoms with E-state index in [0.29, 0.717) is 0 Å². The first-order valence-corrected chi connectivity index (χ1v) is 5.58. The van der Waals surface area contributed by atoms with Crippen molar-refractivity contribution < 1.29 is 0 Å². The van der Waals surface area contributed by atoms with E-state index in [4.69, 9.17) is 0 Å². The van der Waals surface area contributed by atoms with Gasteiger partial charge < -0.3 is 4.90 Å². The molecule has 1 fully saturated rings. The van der Waals surface area contributed by atoms with Crippen molar-refractivity contribution in [2.24, 2.45) is 0 Å². The number of hydrogen-bond donors (Lipinski definition) is 0. The second-order valence-corrected chi connectivity index (χ2v) is 4.09. The Morgan fingerprint density at radius 2 is 2.08 bits per heavy atom. The van der Waals surface area contributed by atoms with Crippen molar-refractivity contribution in [3.05, 3.63) is 0 Å². The van der Waals surface area contributed by atoms with E-state index in [9.17, 15) is 0 Å². The van der Waals surface area contributed by atoms with E-state index in [1.807, 2.05) is 0 Å². The van der Waals surface area contributed by atoms with E-state index in [0.717, 1.165) is 6.04 Å². The summed E-state index contributed by atoms with van der Waals surface area (Å²) in [5, 5.41) is 0. The smallest absolute Gasteiger partial charge is 0.00669 e. The maximum absolute atomic E-state index is 2.68. The molecule has 1 unspecified atom stereocenters. The normalized spacial score (nSPS) is 27.0. The largest absolute Gasteiger partial charge is 0.301 e. The summed E-state index contributed by atoms with van der Waals surface area (Å²) >= 11 is 0. The van der Waals surface area contributed by atoms with Gasteiger partial charge in [0.05, 0.1) is 0 Å². The highest BCUT2D eigenvalue weighted by atomic mass is 15.1. The fourth-order valence-corrected chi connectivity index (χ4v) is 2.03. The molecule has 0 amide bonds. The molecule has 1 heteroatoms. The maximum atomic E-state index is 2.68. The van der Waals surface area contributed by atoms with Crippen molar-refractivity contribution in [1.82, 2.24) is 4.90 Å². The fourth-order valence-electron chi connectivity index (χ4n) is 2.03. The molecule has 12 heavy (non-hydrogen) atoms. The van der Waals surface area contributed by atoms with Crippen molar-refractivity contribution in [1.29, 1.82) is 0 Å². The summed E-state index contributed by atoms with van der Waals surface area (Å²) in [6, 6.07) is 0.846. The number of likely N-dealkylation sites (tertiary alicyclic amines) is 1. The highest BCUT2D eigenvalue weighted by Crippen LogP contribution is 2.16. The van der Waals surface area contributed by atoms with Crippen molar-refractivity contribution in [3.63, 3.8) is 0 Å². The molecule has 0 radical (unpaired) electrons. The van der Waals surface area contributed by atoms with Gasteiger partial charge in [0.15, 0.2) is 0 Å². The first-order valence-electron chi connectivity index (χ1n) is 5.58. The van der Waals surface area contributed by atoms with E-state index in [1.54, 1.807) is 0 Å². The molecule has 72 valence electrons. The van der Waals surface area contributed by atoms with Gasteiger partial charge in [-0.25, -0.2) is 0 Å². The first-order chi connectivity index (χ1) is 5.84. The fraction of sp³-hybridized carbons (Fsp3) is 1.00. The van der Waals surface area contributed by atoms with Crippen LogP contribution in [-0.4, -0.2) is 24.0 Å². The van der Waals surface area contributed by atoms with Crippen LogP contribution in [0.4, 0.5) is 0 Å². The van der Waals surface area contributed by atoms with Crippen LogP contribution in [0, 0.1) is 0 Å². The molecule has 1 heterocycles. The molecular formula is C11H23N. The number of nitrogens with zero attached hydrogens (tertiary/aromatic N) is 1. The van der Waals surface area contributed by atoms with Crippen LogP contribution in [0.15, 0.2) is 0 Å². The SMILES string of the molecule is CCCCN1CCCCCC1C. The molecule has 1 rings (SSSR count). The van der Waals surface area contributed by atoms with Gasteiger partial charge in [-0.15, -0.1) is 0 Å². The van der Waals surface area contributed by atoms with E-state index in [-0.39, 0.29) is 0 Å². The summed E-state index contributed by atoms with van der Waals surface area (Å²) in [6.45, 7) is 7.35. The van der Waals surface area contributed by atoms with Crippen LogP contribution in [-0.2, 0) is 0 Å². The van der Waals surface area contributed by atoms with Crippen molar-refractivity contribution in [3.8, 4) is 0 Å². The molecule has 1 atom stereocenters. The molecular weight excluding hydrogens is 146 g/mol. The molecule has 0 N–H and O–H groups in total. The Balaban J connectivity index is 2.26. The highest BCUT2D eigenvalue weighted by Gasteiger charge is 2.15. The van der Waals surface area contributed by atoms with Gasteiger partial charge in [-0.05, 0) is 39.3 Å². The van der Waals surface area contributed by atoms with Crippen molar-refractivity contribution in [2.75, 3.05) is 13.1 Å². The van der Waals surface area contributed by atoms with Crippen molar-refractivity contribution >= 4 is 0 Å². The van der Waals surface area contributed by atoms with Crippen LogP contribution in [0.25, 0.3) is 0 Å². The average Bonchev–Trinajstić information content (AvgIpc) is 2.27. The van der Waals surface area contributed by atoms with E-state index < -0.39 is 0 Å². The Morgan fingerprint density at radius 1 is 1.25 bits per heavy atom. The first kappa shape index (κ1) is 10.0.